The van der Waals surface area contributed by atoms with Crippen molar-refractivity contribution in [1.82, 2.24) is 10.2 Å². The molecule has 0 saturated carbocycles. The Bertz CT molecular complexity index is 70.5. The van der Waals surface area contributed by atoms with E-state index in [1.807, 2.05) is 6.92 Å². The van der Waals surface area contributed by atoms with Crippen molar-refractivity contribution in [1.29, 1.82) is 0 Å². The van der Waals surface area contributed by atoms with Crippen LogP contribution in [0, 0.1) is 0 Å². The van der Waals surface area contributed by atoms with Crippen molar-refractivity contribution in [3.63, 3.8) is 0 Å². The number of nitrogens with one attached hydrogen (secondary N) is 1. The van der Waals surface area contributed by atoms with E-state index in [9.17, 15) is 0 Å². The Kier molecular flexibility index (Phi) is 8.47. The molecule has 11 heavy (non-hydrogen) atoms. The molecule has 0 bridgehead atoms. The van der Waals surface area contributed by atoms with E-state index < -0.39 is 0 Å². The first kappa shape index (κ1) is 11.2. The molecule has 1 fully saturated rings. The summed E-state index contributed by atoms with van der Waals surface area (Å²) in [5, 5.41) is 3.27. The zero-order valence-corrected chi connectivity index (χ0v) is 8.32. The fourth-order valence-corrected chi connectivity index (χ4v) is 0.777. The number of hydrogen-bond acceptors (Lipinski definition) is 2. The van der Waals surface area contributed by atoms with E-state index in [0.29, 0.717) is 0 Å². The zero-order valence-electron chi connectivity index (χ0n) is 7.57. The Labute approximate surface area is 74.9 Å². The largest absolute Gasteiger partial charge is 0.314 e. The van der Waals surface area contributed by atoms with Gasteiger partial charge in [-0.1, -0.05) is 6.92 Å². The molecule has 0 radical (unpaired) electrons. The molecule has 0 spiro atoms. The van der Waals surface area contributed by atoms with Gasteiger partial charge in [0.25, 0.3) is 0 Å². The number of halogens is 1. The fraction of sp³-hybridized carbons (Fsp3) is 1.00. The van der Waals surface area contributed by atoms with Crippen molar-refractivity contribution >= 4 is 11.6 Å². The highest BCUT2D eigenvalue weighted by Crippen LogP contribution is 1.83. The van der Waals surface area contributed by atoms with Crippen LogP contribution in [-0.4, -0.2) is 44.0 Å². The molecule has 1 N–H and O–H groups in total. The van der Waals surface area contributed by atoms with Gasteiger partial charge in [-0.05, 0) is 13.5 Å². The van der Waals surface area contributed by atoms with Crippen molar-refractivity contribution in [2.45, 2.75) is 13.3 Å². The lowest BCUT2D eigenvalue weighted by molar-refractivity contribution is 0.291. The number of alkyl halides is 1. The van der Waals surface area contributed by atoms with E-state index in [2.05, 4.69) is 17.3 Å². The summed E-state index contributed by atoms with van der Waals surface area (Å²) in [6, 6.07) is 0. The van der Waals surface area contributed by atoms with Crippen LogP contribution >= 0.6 is 11.6 Å². The Morgan fingerprint density at radius 1 is 1.36 bits per heavy atom. The van der Waals surface area contributed by atoms with Crippen LogP contribution in [0.1, 0.15) is 13.3 Å². The molecule has 1 saturated heterocycles. The number of likely N-dealkylation sites (N-methyl/N-ethyl adjacent to an activating group) is 1. The van der Waals surface area contributed by atoms with E-state index >= 15 is 0 Å². The second kappa shape index (κ2) is 8.31. The molecular formula is C8H19ClN2. The van der Waals surface area contributed by atoms with Crippen LogP contribution < -0.4 is 5.32 Å². The quantitative estimate of drug-likeness (QED) is 0.607. The van der Waals surface area contributed by atoms with Crippen LogP contribution in [0.2, 0.25) is 0 Å². The summed E-state index contributed by atoms with van der Waals surface area (Å²) in [6.07, 6.45) is 1.08. The van der Waals surface area contributed by atoms with Gasteiger partial charge in [0.05, 0.1) is 0 Å². The minimum absolute atomic E-state index is 0.792. The standard InChI is InChI=1S/C5H12N2.C3H7Cl/c1-7-4-2-6-3-5-7;1-2-3-4/h6H,2-5H2,1H3;2-3H2,1H3. The molecule has 0 amide bonds. The highest BCUT2D eigenvalue weighted by atomic mass is 35.5. The van der Waals surface area contributed by atoms with Crippen LogP contribution in [0.3, 0.4) is 0 Å². The minimum Gasteiger partial charge on any atom is -0.314 e. The maximum Gasteiger partial charge on any atom is 0.0220 e. The second-order valence-electron chi connectivity index (χ2n) is 2.74. The van der Waals surface area contributed by atoms with Gasteiger partial charge in [0.15, 0.2) is 0 Å². The van der Waals surface area contributed by atoms with Crippen molar-refractivity contribution in [2.75, 3.05) is 39.1 Å². The first-order valence-corrected chi connectivity index (χ1v) is 4.80. The van der Waals surface area contributed by atoms with Gasteiger partial charge >= 0.3 is 0 Å². The highest BCUT2D eigenvalue weighted by molar-refractivity contribution is 6.17. The van der Waals surface area contributed by atoms with Gasteiger partial charge in [-0.15, -0.1) is 11.6 Å². The van der Waals surface area contributed by atoms with Gasteiger partial charge in [-0.25, -0.2) is 0 Å². The highest BCUT2D eigenvalue weighted by Gasteiger charge is 2.01. The second-order valence-corrected chi connectivity index (χ2v) is 3.12. The topological polar surface area (TPSA) is 15.3 Å². The molecule has 0 aromatic heterocycles. The molecule has 0 aromatic carbocycles. The molecular weight excluding hydrogens is 160 g/mol. The maximum absolute atomic E-state index is 5.19. The predicted octanol–water partition coefficient (Wildman–Crippen LogP) is 1.16. The predicted molar refractivity (Wildman–Crippen MR) is 51.4 cm³/mol. The molecule has 1 aliphatic rings. The summed E-state index contributed by atoms with van der Waals surface area (Å²) >= 11 is 5.19. The lowest BCUT2D eigenvalue weighted by Gasteiger charge is -2.21. The monoisotopic (exact) mass is 178 g/mol. The third-order valence-electron chi connectivity index (χ3n) is 1.53. The summed E-state index contributed by atoms with van der Waals surface area (Å²) in [4.78, 5) is 2.33. The Balaban J connectivity index is 0.000000218. The lowest BCUT2D eigenvalue weighted by atomic mass is 10.4. The van der Waals surface area contributed by atoms with Crippen LogP contribution in [0.5, 0.6) is 0 Å². The van der Waals surface area contributed by atoms with E-state index in [4.69, 9.17) is 11.6 Å². The third-order valence-corrected chi connectivity index (χ3v) is 1.91. The molecule has 2 nitrogen and oxygen atoms in total. The first-order valence-electron chi connectivity index (χ1n) is 4.26. The first-order chi connectivity index (χ1) is 5.31. The van der Waals surface area contributed by atoms with Crippen LogP contribution in [0.15, 0.2) is 0 Å². The number of hydrogen-bond donors (Lipinski definition) is 1. The summed E-state index contributed by atoms with van der Waals surface area (Å²) in [5.41, 5.74) is 0. The molecule has 0 unspecified atom stereocenters. The molecule has 3 heteroatoms. The molecule has 0 aromatic rings. The van der Waals surface area contributed by atoms with Crippen LogP contribution in [0.4, 0.5) is 0 Å². The SMILES string of the molecule is CCCCl.CN1CCNCC1. The van der Waals surface area contributed by atoms with Crippen LogP contribution in [0.25, 0.3) is 0 Å². The van der Waals surface area contributed by atoms with Gasteiger partial charge in [-0.2, -0.15) is 0 Å². The lowest BCUT2D eigenvalue weighted by Crippen LogP contribution is -2.40. The van der Waals surface area contributed by atoms with Crippen molar-refractivity contribution in [3.8, 4) is 0 Å². The summed E-state index contributed by atoms with van der Waals surface area (Å²) < 4.78 is 0. The van der Waals surface area contributed by atoms with Crippen LogP contribution in [-0.2, 0) is 0 Å². The number of rotatable bonds is 1. The third kappa shape index (κ3) is 8.11. The molecule has 68 valence electrons. The maximum atomic E-state index is 5.19. The fourth-order valence-electron chi connectivity index (χ4n) is 0.777. The average molecular weight is 179 g/mol. The van der Waals surface area contributed by atoms with Gasteiger partial charge in [0.2, 0.25) is 0 Å². The molecule has 0 atom stereocenters. The smallest absolute Gasteiger partial charge is 0.0220 e. The average Bonchev–Trinajstić information content (AvgIpc) is 2.07. The molecule has 1 rings (SSSR count). The number of piperazine rings is 1. The summed E-state index contributed by atoms with van der Waals surface area (Å²) in [5.74, 6) is 0.792. The van der Waals surface area contributed by atoms with Crippen molar-refractivity contribution in [3.05, 3.63) is 0 Å². The summed E-state index contributed by atoms with van der Waals surface area (Å²) in [7, 11) is 2.15. The Morgan fingerprint density at radius 3 is 2.00 bits per heavy atom. The molecule has 0 aliphatic carbocycles. The van der Waals surface area contributed by atoms with Gasteiger partial charge in [0, 0.05) is 32.1 Å². The molecule has 1 heterocycles. The zero-order chi connectivity index (χ0) is 8.53. The van der Waals surface area contributed by atoms with Gasteiger partial charge in [-0.3, -0.25) is 0 Å². The number of nitrogens with zero attached hydrogens (tertiary/aromatic N) is 1. The minimum atomic E-state index is 0.792. The van der Waals surface area contributed by atoms with Gasteiger partial charge in [0.1, 0.15) is 0 Å². The Morgan fingerprint density at radius 2 is 1.82 bits per heavy atom. The van der Waals surface area contributed by atoms with E-state index in [-0.39, 0.29) is 0 Å². The van der Waals surface area contributed by atoms with Crippen molar-refractivity contribution in [2.24, 2.45) is 0 Å². The normalized spacial score (nSPS) is 18.8. The molecule has 1 aliphatic heterocycles. The van der Waals surface area contributed by atoms with E-state index in [1.54, 1.807) is 0 Å². The van der Waals surface area contributed by atoms with Gasteiger partial charge < -0.3 is 10.2 Å². The van der Waals surface area contributed by atoms with E-state index in [1.165, 1.54) is 13.1 Å². The summed E-state index contributed by atoms with van der Waals surface area (Å²) in [6.45, 7) is 6.79. The Hall–Kier alpha value is 0.210. The van der Waals surface area contributed by atoms with Crippen molar-refractivity contribution < 1.29 is 0 Å². The van der Waals surface area contributed by atoms with E-state index in [0.717, 1.165) is 25.4 Å².